The molecule has 78 valence electrons. The first-order valence-corrected chi connectivity index (χ1v) is 3.78. The molecule has 0 amide bonds. The summed E-state index contributed by atoms with van der Waals surface area (Å²) in [6.07, 6.45) is -6.48. The van der Waals surface area contributed by atoms with E-state index in [4.69, 9.17) is 15.7 Å². The lowest BCUT2D eigenvalue weighted by atomic mass is 9.99. The lowest BCUT2D eigenvalue weighted by Crippen LogP contribution is -2.59. The van der Waals surface area contributed by atoms with Crippen molar-refractivity contribution in [1.29, 1.82) is 0 Å². The molecule has 2 unspecified atom stereocenters. The van der Waals surface area contributed by atoms with E-state index in [2.05, 4.69) is 4.84 Å². The smallest absolute Gasteiger partial charge is 0.206 e. The molecule has 0 spiro atoms. The number of aliphatic hydroxyl groups excluding tert-OH is 4. The molecule has 1 aliphatic rings. The van der Waals surface area contributed by atoms with Gasteiger partial charge in [0.25, 0.3) is 0 Å². The first-order valence-electron chi connectivity index (χ1n) is 3.78. The van der Waals surface area contributed by atoms with E-state index in [1.165, 1.54) is 0 Å². The minimum absolute atomic E-state index is 0.495. The van der Waals surface area contributed by atoms with Crippen LogP contribution in [0.5, 0.6) is 0 Å². The third kappa shape index (κ3) is 1.97. The molecular weight excluding hydrogens is 182 g/mol. The minimum atomic E-state index is -1.44. The van der Waals surface area contributed by atoms with Crippen molar-refractivity contribution in [2.45, 2.75) is 30.7 Å². The highest BCUT2D eigenvalue weighted by Crippen LogP contribution is 2.20. The Morgan fingerprint density at radius 2 is 1.77 bits per heavy atom. The Hall–Kier alpha value is -0.280. The molecule has 5 atom stereocenters. The van der Waals surface area contributed by atoms with E-state index in [9.17, 15) is 15.3 Å². The highest BCUT2D eigenvalue weighted by atomic mass is 16.8. The molecule has 0 aromatic rings. The monoisotopic (exact) mass is 195 g/mol. The van der Waals surface area contributed by atoms with Crippen LogP contribution in [0.2, 0.25) is 0 Å². The molecule has 1 saturated heterocycles. The van der Waals surface area contributed by atoms with Crippen molar-refractivity contribution in [3.8, 4) is 0 Å². The Bertz CT molecular complexity index is 147. The average molecular weight is 195 g/mol. The lowest BCUT2D eigenvalue weighted by Gasteiger charge is -2.38. The molecule has 1 rings (SSSR count). The highest BCUT2D eigenvalue weighted by molar-refractivity contribution is 4.88. The highest BCUT2D eigenvalue weighted by Gasteiger charge is 2.43. The van der Waals surface area contributed by atoms with Crippen LogP contribution >= 0.6 is 0 Å². The quantitative estimate of drug-likeness (QED) is 0.292. The van der Waals surface area contributed by atoms with Crippen LogP contribution < -0.4 is 5.90 Å². The Labute approximate surface area is 74.3 Å². The summed E-state index contributed by atoms with van der Waals surface area (Å²) >= 11 is 0. The lowest BCUT2D eigenvalue weighted by molar-refractivity contribution is -0.302. The molecule has 0 saturated carbocycles. The molecule has 0 aliphatic carbocycles. The number of hydrogen-bond donors (Lipinski definition) is 5. The van der Waals surface area contributed by atoms with Crippen molar-refractivity contribution in [2.75, 3.05) is 6.61 Å². The Kier molecular flexibility index (Phi) is 3.56. The molecule has 1 heterocycles. The van der Waals surface area contributed by atoms with Gasteiger partial charge in [0.2, 0.25) is 6.29 Å². The van der Waals surface area contributed by atoms with Crippen molar-refractivity contribution in [3.63, 3.8) is 0 Å². The van der Waals surface area contributed by atoms with Crippen LogP contribution in [0.15, 0.2) is 0 Å². The molecule has 6 N–H and O–H groups in total. The van der Waals surface area contributed by atoms with E-state index in [0.717, 1.165) is 0 Å². The van der Waals surface area contributed by atoms with Gasteiger partial charge in [-0.1, -0.05) is 0 Å². The number of hydrogen-bond acceptors (Lipinski definition) is 7. The zero-order valence-electron chi connectivity index (χ0n) is 6.78. The third-order valence-electron chi connectivity index (χ3n) is 1.98. The zero-order valence-corrected chi connectivity index (χ0v) is 6.78. The second-order valence-corrected chi connectivity index (χ2v) is 2.83. The Balaban J connectivity index is 2.66. The normalized spacial score (nSPS) is 46.4. The molecule has 0 radical (unpaired) electrons. The Morgan fingerprint density at radius 3 is 2.23 bits per heavy atom. The van der Waals surface area contributed by atoms with Gasteiger partial charge in [-0.15, -0.1) is 0 Å². The Morgan fingerprint density at radius 1 is 1.15 bits per heavy atom. The van der Waals surface area contributed by atoms with Gasteiger partial charge in [0, 0.05) is 0 Å². The van der Waals surface area contributed by atoms with Gasteiger partial charge in [-0.05, 0) is 0 Å². The predicted octanol–water partition coefficient (Wildman–Crippen LogP) is -3.32. The van der Waals surface area contributed by atoms with Crippen LogP contribution in [0, 0.1) is 0 Å². The fourth-order valence-electron chi connectivity index (χ4n) is 1.18. The molecule has 7 heteroatoms. The number of rotatable bonds is 2. The van der Waals surface area contributed by atoms with Gasteiger partial charge < -0.3 is 25.2 Å². The van der Waals surface area contributed by atoms with Gasteiger partial charge in [-0.3, -0.25) is 4.84 Å². The molecular formula is C6H13NO6. The van der Waals surface area contributed by atoms with Gasteiger partial charge in [0.1, 0.15) is 24.4 Å². The molecule has 0 bridgehead atoms. The molecule has 1 fully saturated rings. The van der Waals surface area contributed by atoms with Crippen LogP contribution in [-0.4, -0.2) is 57.7 Å². The molecule has 13 heavy (non-hydrogen) atoms. The van der Waals surface area contributed by atoms with Crippen molar-refractivity contribution in [2.24, 2.45) is 5.90 Å². The van der Waals surface area contributed by atoms with Crippen molar-refractivity contribution in [3.05, 3.63) is 0 Å². The van der Waals surface area contributed by atoms with Gasteiger partial charge in [-0.2, -0.15) is 0 Å². The first-order chi connectivity index (χ1) is 6.11. The van der Waals surface area contributed by atoms with E-state index in [1.54, 1.807) is 0 Å². The van der Waals surface area contributed by atoms with Gasteiger partial charge in [0.15, 0.2) is 0 Å². The van der Waals surface area contributed by atoms with Crippen LogP contribution in [0.1, 0.15) is 0 Å². The second-order valence-electron chi connectivity index (χ2n) is 2.83. The number of ether oxygens (including phenoxy) is 1. The van der Waals surface area contributed by atoms with Crippen LogP contribution in [0.3, 0.4) is 0 Å². The van der Waals surface area contributed by atoms with Crippen molar-refractivity contribution < 1.29 is 30.0 Å². The maximum Gasteiger partial charge on any atom is 0.206 e. The summed E-state index contributed by atoms with van der Waals surface area (Å²) in [5, 5.41) is 36.4. The predicted molar refractivity (Wildman–Crippen MR) is 39.0 cm³/mol. The van der Waals surface area contributed by atoms with Crippen LogP contribution in [0.25, 0.3) is 0 Å². The summed E-state index contributed by atoms with van der Waals surface area (Å²) in [6, 6.07) is 0. The molecule has 0 aromatic carbocycles. The SMILES string of the molecule is NO[C@@H]1OC(CO)[C@@H](O)C(O)[C@@H]1O. The summed E-state index contributed by atoms with van der Waals surface area (Å²) in [7, 11) is 0. The summed E-state index contributed by atoms with van der Waals surface area (Å²) < 4.78 is 4.82. The fourth-order valence-corrected chi connectivity index (χ4v) is 1.18. The summed E-state index contributed by atoms with van der Waals surface area (Å²) in [6.45, 7) is -0.495. The summed E-state index contributed by atoms with van der Waals surface area (Å²) in [5.41, 5.74) is 0. The third-order valence-corrected chi connectivity index (χ3v) is 1.98. The zero-order chi connectivity index (χ0) is 10.0. The topological polar surface area (TPSA) is 125 Å². The standard InChI is InChI=1S/C6H13NO6/c7-13-6-5(11)4(10)3(9)2(1-8)12-6/h2-6,8-11H,1,7H2/t2?,3-,4?,5+,6+/m1/s1. The molecule has 0 aromatic heterocycles. The maximum absolute atomic E-state index is 9.23. The first kappa shape index (κ1) is 10.8. The number of nitrogens with two attached hydrogens (primary N) is 1. The molecule has 1 aliphatic heterocycles. The van der Waals surface area contributed by atoms with E-state index in [1.807, 2.05) is 0 Å². The van der Waals surface area contributed by atoms with Crippen molar-refractivity contribution >= 4 is 0 Å². The summed E-state index contributed by atoms with van der Waals surface area (Å²) in [5.74, 6) is 4.76. The van der Waals surface area contributed by atoms with Crippen molar-refractivity contribution in [1.82, 2.24) is 0 Å². The second kappa shape index (κ2) is 4.29. The minimum Gasteiger partial charge on any atom is -0.394 e. The van der Waals surface area contributed by atoms with Gasteiger partial charge in [-0.25, -0.2) is 5.90 Å². The van der Waals surface area contributed by atoms with Gasteiger partial charge >= 0.3 is 0 Å². The average Bonchev–Trinajstić information content (AvgIpc) is 2.15. The van der Waals surface area contributed by atoms with E-state index in [-0.39, 0.29) is 0 Å². The van der Waals surface area contributed by atoms with Gasteiger partial charge in [0.05, 0.1) is 6.61 Å². The van der Waals surface area contributed by atoms with E-state index < -0.39 is 37.3 Å². The van der Waals surface area contributed by atoms with E-state index >= 15 is 0 Å². The summed E-state index contributed by atoms with van der Waals surface area (Å²) in [4.78, 5) is 4.20. The fraction of sp³-hybridized carbons (Fsp3) is 1.00. The number of aliphatic hydroxyl groups is 4. The largest absolute Gasteiger partial charge is 0.394 e. The molecule has 7 nitrogen and oxygen atoms in total. The van der Waals surface area contributed by atoms with Crippen LogP contribution in [0.4, 0.5) is 0 Å². The van der Waals surface area contributed by atoms with Crippen LogP contribution in [-0.2, 0) is 9.57 Å². The maximum atomic E-state index is 9.23. The van der Waals surface area contributed by atoms with E-state index in [0.29, 0.717) is 0 Å².